The lowest BCUT2D eigenvalue weighted by atomic mass is 9.87. The van der Waals surface area contributed by atoms with Crippen molar-refractivity contribution in [1.82, 2.24) is 5.32 Å². The molecule has 7 heteroatoms. The van der Waals surface area contributed by atoms with Gasteiger partial charge >= 0.3 is 0 Å². The number of hydrogen-bond donors (Lipinski definition) is 3. The summed E-state index contributed by atoms with van der Waals surface area (Å²) in [6.07, 6.45) is 0.594. The Morgan fingerprint density at radius 2 is 1.76 bits per heavy atom. The van der Waals surface area contributed by atoms with Gasteiger partial charge < -0.3 is 29.7 Å². The molecule has 0 aliphatic carbocycles. The van der Waals surface area contributed by atoms with Crippen molar-refractivity contribution in [2.24, 2.45) is 0 Å². The minimum atomic E-state index is -0.443. The number of carbonyl (C=O) groups excluding carboxylic acids is 1. The Balaban J connectivity index is 1.57. The van der Waals surface area contributed by atoms with E-state index in [1.807, 2.05) is 54.6 Å². The fourth-order valence-corrected chi connectivity index (χ4v) is 4.00. The van der Waals surface area contributed by atoms with E-state index >= 15 is 0 Å². The van der Waals surface area contributed by atoms with Crippen molar-refractivity contribution in [1.29, 1.82) is 0 Å². The molecule has 3 aromatic carbocycles. The van der Waals surface area contributed by atoms with Gasteiger partial charge in [-0.1, -0.05) is 42.5 Å². The Labute approximate surface area is 192 Å². The highest BCUT2D eigenvalue weighted by Gasteiger charge is 2.26. The number of methoxy groups -OCH3 is 1. The van der Waals surface area contributed by atoms with Crippen LogP contribution in [0.5, 0.6) is 23.0 Å². The highest BCUT2D eigenvalue weighted by molar-refractivity contribution is 5.78. The van der Waals surface area contributed by atoms with Crippen LogP contribution in [0.4, 0.5) is 0 Å². The number of hydrogen-bond acceptors (Lipinski definition) is 6. The van der Waals surface area contributed by atoms with Crippen molar-refractivity contribution >= 4 is 5.91 Å². The maximum atomic E-state index is 13.0. The molecule has 1 amide bonds. The van der Waals surface area contributed by atoms with Crippen molar-refractivity contribution < 1.29 is 29.2 Å². The van der Waals surface area contributed by atoms with Crippen LogP contribution in [-0.4, -0.2) is 42.7 Å². The first-order valence-electron chi connectivity index (χ1n) is 10.8. The van der Waals surface area contributed by atoms with Gasteiger partial charge in [-0.3, -0.25) is 4.79 Å². The molecule has 1 aliphatic rings. The second-order valence-electron chi connectivity index (χ2n) is 7.93. The number of benzene rings is 3. The summed E-state index contributed by atoms with van der Waals surface area (Å²) in [7, 11) is 1.59. The third kappa shape index (κ3) is 5.38. The molecule has 0 aromatic heterocycles. The molecular formula is C26H27NO6. The molecule has 172 valence electrons. The molecule has 1 heterocycles. The van der Waals surface area contributed by atoms with Gasteiger partial charge in [0.2, 0.25) is 12.7 Å². The van der Waals surface area contributed by atoms with Crippen LogP contribution in [-0.2, 0) is 11.2 Å². The van der Waals surface area contributed by atoms with Crippen LogP contribution in [0.2, 0.25) is 0 Å². The van der Waals surface area contributed by atoms with Crippen LogP contribution < -0.4 is 19.5 Å². The van der Waals surface area contributed by atoms with E-state index in [0.717, 1.165) is 11.1 Å². The zero-order valence-electron chi connectivity index (χ0n) is 18.4. The number of amides is 1. The highest BCUT2D eigenvalue weighted by Crippen LogP contribution is 2.43. The molecule has 4 rings (SSSR count). The number of rotatable bonds is 9. The zero-order valence-corrected chi connectivity index (χ0v) is 18.4. The molecule has 0 spiro atoms. The second kappa shape index (κ2) is 10.3. The summed E-state index contributed by atoms with van der Waals surface area (Å²) in [5.74, 6) is 1.04. The SMILES string of the molecule is COc1ccc(C(CC(=O)N[C@@H](CO)Cc2ccccc2)c2cc3c(cc2O)OCO3)cc1. The van der Waals surface area contributed by atoms with Crippen LogP contribution in [0.1, 0.15) is 29.0 Å². The number of aromatic hydroxyl groups is 1. The molecule has 1 unspecified atom stereocenters. The smallest absolute Gasteiger partial charge is 0.231 e. The maximum absolute atomic E-state index is 13.0. The monoisotopic (exact) mass is 449 g/mol. The van der Waals surface area contributed by atoms with Gasteiger partial charge in [0.15, 0.2) is 11.5 Å². The largest absolute Gasteiger partial charge is 0.508 e. The lowest BCUT2D eigenvalue weighted by Crippen LogP contribution is -2.39. The molecule has 3 aromatic rings. The molecule has 0 saturated carbocycles. The first kappa shape index (κ1) is 22.5. The third-order valence-corrected chi connectivity index (χ3v) is 5.72. The lowest BCUT2D eigenvalue weighted by molar-refractivity contribution is -0.122. The van der Waals surface area contributed by atoms with Crippen LogP contribution in [0.15, 0.2) is 66.7 Å². The Hall–Kier alpha value is -3.71. The minimum absolute atomic E-state index is 0.0239. The van der Waals surface area contributed by atoms with Gasteiger partial charge in [-0.05, 0) is 35.7 Å². The number of aliphatic hydroxyl groups is 1. The maximum Gasteiger partial charge on any atom is 0.231 e. The molecule has 33 heavy (non-hydrogen) atoms. The normalized spacial score (nSPS) is 13.9. The molecule has 0 bridgehead atoms. The Bertz CT molecular complexity index is 1080. The average molecular weight is 450 g/mol. The van der Waals surface area contributed by atoms with Crippen molar-refractivity contribution in [3.63, 3.8) is 0 Å². The van der Waals surface area contributed by atoms with E-state index in [0.29, 0.717) is 29.2 Å². The number of phenols is 1. The number of nitrogens with one attached hydrogen (secondary N) is 1. The summed E-state index contributed by atoms with van der Waals surface area (Å²) < 4.78 is 16.1. The Kier molecular flexibility index (Phi) is 7.00. The molecule has 0 fully saturated rings. The average Bonchev–Trinajstić information content (AvgIpc) is 3.29. The van der Waals surface area contributed by atoms with Gasteiger partial charge in [0.1, 0.15) is 11.5 Å². The molecule has 3 N–H and O–H groups in total. The topological polar surface area (TPSA) is 97.3 Å². The van der Waals surface area contributed by atoms with E-state index in [4.69, 9.17) is 14.2 Å². The van der Waals surface area contributed by atoms with Crippen LogP contribution >= 0.6 is 0 Å². The van der Waals surface area contributed by atoms with Gasteiger partial charge in [0.05, 0.1) is 19.8 Å². The first-order chi connectivity index (χ1) is 16.1. The zero-order chi connectivity index (χ0) is 23.2. The molecule has 0 radical (unpaired) electrons. The van der Waals surface area contributed by atoms with Crippen LogP contribution in [0, 0.1) is 0 Å². The number of phenolic OH excluding ortho intramolecular Hbond substituents is 1. The number of aliphatic hydroxyl groups excluding tert-OH is 1. The first-order valence-corrected chi connectivity index (χ1v) is 10.8. The minimum Gasteiger partial charge on any atom is -0.508 e. The lowest BCUT2D eigenvalue weighted by Gasteiger charge is -2.22. The van der Waals surface area contributed by atoms with Crippen molar-refractivity contribution in [2.45, 2.75) is 24.8 Å². The Morgan fingerprint density at radius 3 is 2.42 bits per heavy atom. The van der Waals surface area contributed by atoms with E-state index < -0.39 is 12.0 Å². The Morgan fingerprint density at radius 1 is 1.06 bits per heavy atom. The number of carbonyl (C=O) groups is 1. The van der Waals surface area contributed by atoms with Gasteiger partial charge in [-0.2, -0.15) is 0 Å². The van der Waals surface area contributed by atoms with Gasteiger partial charge in [0.25, 0.3) is 0 Å². The summed E-state index contributed by atoms with van der Waals surface area (Å²) in [6, 6.07) is 19.9. The number of ether oxygens (including phenoxy) is 3. The van der Waals surface area contributed by atoms with Gasteiger partial charge in [0, 0.05) is 24.0 Å². The molecule has 0 saturated heterocycles. The fourth-order valence-electron chi connectivity index (χ4n) is 4.00. The van der Waals surface area contributed by atoms with E-state index in [2.05, 4.69) is 5.32 Å². The van der Waals surface area contributed by atoms with Crippen LogP contribution in [0.3, 0.4) is 0 Å². The van der Waals surface area contributed by atoms with Crippen molar-refractivity contribution in [3.8, 4) is 23.0 Å². The summed E-state index contributed by atoms with van der Waals surface area (Å²) in [6.45, 7) is -0.0906. The van der Waals surface area contributed by atoms with E-state index in [-0.39, 0.29) is 31.5 Å². The quantitative estimate of drug-likeness (QED) is 0.464. The third-order valence-electron chi connectivity index (χ3n) is 5.72. The molecule has 2 atom stereocenters. The molecular weight excluding hydrogens is 422 g/mol. The summed E-state index contributed by atoms with van der Waals surface area (Å²) in [5, 5.41) is 23.5. The molecule has 7 nitrogen and oxygen atoms in total. The predicted molar refractivity (Wildman–Crippen MR) is 123 cm³/mol. The van der Waals surface area contributed by atoms with Crippen LogP contribution in [0.25, 0.3) is 0 Å². The highest BCUT2D eigenvalue weighted by atomic mass is 16.7. The predicted octanol–water partition coefficient (Wildman–Crippen LogP) is 3.37. The number of fused-ring (bicyclic) bond motifs is 1. The van der Waals surface area contributed by atoms with E-state index in [9.17, 15) is 15.0 Å². The standard InChI is InChI=1S/C26H27NO6/c1-31-20-9-7-18(8-10-20)21(22-12-24-25(14-23(22)29)33-16-32-24)13-26(30)27-19(15-28)11-17-5-3-2-4-6-17/h2-10,12,14,19,21,28-29H,11,13,15-16H2,1H3,(H,27,30)/t19-,21?/m1/s1. The van der Waals surface area contributed by atoms with E-state index in [1.165, 1.54) is 6.07 Å². The van der Waals surface area contributed by atoms with Gasteiger partial charge in [-0.25, -0.2) is 0 Å². The summed E-state index contributed by atoms with van der Waals surface area (Å²) in [4.78, 5) is 13.0. The van der Waals surface area contributed by atoms with Crippen molar-refractivity contribution in [2.75, 3.05) is 20.5 Å². The molecule has 1 aliphatic heterocycles. The van der Waals surface area contributed by atoms with E-state index in [1.54, 1.807) is 13.2 Å². The summed E-state index contributed by atoms with van der Waals surface area (Å²) >= 11 is 0. The second-order valence-corrected chi connectivity index (χ2v) is 7.93. The fraction of sp³-hybridized carbons (Fsp3) is 0.269. The van der Waals surface area contributed by atoms with Gasteiger partial charge in [-0.15, -0.1) is 0 Å². The van der Waals surface area contributed by atoms with Crippen molar-refractivity contribution in [3.05, 3.63) is 83.4 Å². The summed E-state index contributed by atoms with van der Waals surface area (Å²) in [5.41, 5.74) is 2.42.